The van der Waals surface area contributed by atoms with Gasteiger partial charge in [0.05, 0.1) is 19.3 Å². The molecule has 1 amide bonds. The van der Waals surface area contributed by atoms with E-state index in [2.05, 4.69) is 16.7 Å². The van der Waals surface area contributed by atoms with Crippen LogP contribution in [0.3, 0.4) is 0 Å². The number of amides is 1. The Morgan fingerprint density at radius 2 is 2.18 bits per heavy atom. The maximum Gasteiger partial charge on any atom is 0.242 e. The lowest BCUT2D eigenvalue weighted by Gasteiger charge is -2.31. The topological polar surface area (TPSA) is 50.4 Å². The molecule has 0 spiro atoms. The molecule has 90 valence electrons. The van der Waals surface area contributed by atoms with Crippen molar-refractivity contribution in [1.29, 1.82) is 0 Å². The van der Waals surface area contributed by atoms with Gasteiger partial charge in [-0.1, -0.05) is 24.3 Å². The highest BCUT2D eigenvalue weighted by Crippen LogP contribution is 2.22. The normalized spacial score (nSPS) is 23.6. The summed E-state index contributed by atoms with van der Waals surface area (Å²) in [5.74, 6) is 0.0606. The van der Waals surface area contributed by atoms with E-state index < -0.39 is 0 Å². The van der Waals surface area contributed by atoms with Crippen LogP contribution in [-0.4, -0.2) is 31.7 Å². The first kappa shape index (κ1) is 10.7. The molecular weight excluding hydrogens is 216 g/mol. The summed E-state index contributed by atoms with van der Waals surface area (Å²) in [5.41, 5.74) is 2.38. The molecule has 2 aliphatic rings. The molecule has 4 heteroatoms. The number of ether oxygens (including phenoxy) is 1. The van der Waals surface area contributed by atoms with E-state index in [1.54, 1.807) is 0 Å². The molecule has 1 fully saturated rings. The minimum absolute atomic E-state index is 0.0606. The van der Waals surface area contributed by atoms with Crippen molar-refractivity contribution < 1.29 is 9.53 Å². The summed E-state index contributed by atoms with van der Waals surface area (Å²) >= 11 is 0. The number of hydrogen-bond donors (Lipinski definition) is 2. The minimum Gasteiger partial charge on any atom is -0.377 e. The molecule has 2 aliphatic heterocycles. The van der Waals surface area contributed by atoms with Gasteiger partial charge in [0.25, 0.3) is 0 Å². The van der Waals surface area contributed by atoms with Gasteiger partial charge in [-0.25, -0.2) is 0 Å². The third kappa shape index (κ3) is 2.06. The van der Waals surface area contributed by atoms with Crippen LogP contribution in [0.25, 0.3) is 0 Å². The molecule has 4 nitrogen and oxygen atoms in total. The van der Waals surface area contributed by atoms with Crippen LogP contribution in [0.1, 0.15) is 17.2 Å². The van der Waals surface area contributed by atoms with Crippen molar-refractivity contribution in [2.45, 2.75) is 18.5 Å². The molecule has 1 saturated heterocycles. The number of nitrogens with one attached hydrogen (secondary N) is 2. The second kappa shape index (κ2) is 4.47. The molecule has 3 rings (SSSR count). The highest BCUT2D eigenvalue weighted by molar-refractivity contribution is 5.84. The SMILES string of the molecule is O=C(NC1COC1)C1NCCc2ccccc21. The third-order valence-electron chi connectivity index (χ3n) is 3.36. The monoisotopic (exact) mass is 232 g/mol. The van der Waals surface area contributed by atoms with Gasteiger partial charge in [0.2, 0.25) is 5.91 Å². The summed E-state index contributed by atoms with van der Waals surface area (Å²) in [4.78, 5) is 12.1. The summed E-state index contributed by atoms with van der Waals surface area (Å²) in [6, 6.07) is 8.13. The van der Waals surface area contributed by atoms with E-state index in [1.807, 2.05) is 18.2 Å². The van der Waals surface area contributed by atoms with Gasteiger partial charge >= 0.3 is 0 Å². The van der Waals surface area contributed by atoms with Crippen molar-refractivity contribution in [3.05, 3.63) is 35.4 Å². The lowest BCUT2D eigenvalue weighted by molar-refractivity contribution is -0.127. The summed E-state index contributed by atoms with van der Waals surface area (Å²) in [6.07, 6.45) is 0.993. The zero-order valence-corrected chi connectivity index (χ0v) is 9.61. The van der Waals surface area contributed by atoms with Crippen LogP contribution in [0.4, 0.5) is 0 Å². The highest BCUT2D eigenvalue weighted by atomic mass is 16.5. The zero-order valence-electron chi connectivity index (χ0n) is 9.61. The average Bonchev–Trinajstić information content (AvgIpc) is 2.33. The zero-order chi connectivity index (χ0) is 11.7. The molecule has 0 bridgehead atoms. The van der Waals surface area contributed by atoms with Gasteiger partial charge in [-0.3, -0.25) is 4.79 Å². The highest BCUT2D eigenvalue weighted by Gasteiger charge is 2.29. The molecule has 0 aliphatic carbocycles. The molecule has 0 aromatic heterocycles. The molecule has 1 aromatic rings. The number of benzene rings is 1. The molecule has 17 heavy (non-hydrogen) atoms. The largest absolute Gasteiger partial charge is 0.377 e. The Labute approximate surface area is 100 Å². The summed E-state index contributed by atoms with van der Waals surface area (Å²) in [5, 5.41) is 6.28. The van der Waals surface area contributed by atoms with Gasteiger partial charge in [0.1, 0.15) is 6.04 Å². The van der Waals surface area contributed by atoms with Gasteiger partial charge in [-0.15, -0.1) is 0 Å². The first-order chi connectivity index (χ1) is 8.34. The van der Waals surface area contributed by atoms with Gasteiger partial charge < -0.3 is 15.4 Å². The first-order valence-electron chi connectivity index (χ1n) is 6.04. The van der Waals surface area contributed by atoms with Crippen molar-refractivity contribution in [2.24, 2.45) is 0 Å². The maximum absolute atomic E-state index is 12.1. The van der Waals surface area contributed by atoms with Gasteiger partial charge in [0.15, 0.2) is 0 Å². The number of carbonyl (C=O) groups is 1. The number of fused-ring (bicyclic) bond motifs is 1. The van der Waals surface area contributed by atoms with Crippen molar-refractivity contribution >= 4 is 5.91 Å². The van der Waals surface area contributed by atoms with Crippen LogP contribution in [0.15, 0.2) is 24.3 Å². The Balaban J connectivity index is 1.77. The molecule has 2 heterocycles. The quantitative estimate of drug-likeness (QED) is 0.775. The Hall–Kier alpha value is -1.39. The number of carbonyl (C=O) groups excluding carboxylic acids is 1. The van der Waals surface area contributed by atoms with Gasteiger partial charge in [-0.2, -0.15) is 0 Å². The van der Waals surface area contributed by atoms with Crippen LogP contribution >= 0.6 is 0 Å². The molecule has 2 N–H and O–H groups in total. The third-order valence-corrected chi connectivity index (χ3v) is 3.36. The van der Waals surface area contributed by atoms with E-state index in [0.29, 0.717) is 13.2 Å². The minimum atomic E-state index is -0.208. The predicted molar refractivity (Wildman–Crippen MR) is 63.6 cm³/mol. The number of hydrogen-bond acceptors (Lipinski definition) is 3. The van der Waals surface area contributed by atoms with Crippen LogP contribution in [0.2, 0.25) is 0 Å². The lowest BCUT2D eigenvalue weighted by atomic mass is 9.94. The van der Waals surface area contributed by atoms with E-state index in [4.69, 9.17) is 4.74 Å². The van der Waals surface area contributed by atoms with Crippen molar-refractivity contribution in [2.75, 3.05) is 19.8 Å². The second-order valence-corrected chi connectivity index (χ2v) is 4.58. The Kier molecular flexibility index (Phi) is 2.82. The van der Waals surface area contributed by atoms with Crippen LogP contribution in [-0.2, 0) is 16.0 Å². The average molecular weight is 232 g/mol. The van der Waals surface area contributed by atoms with E-state index in [9.17, 15) is 4.79 Å². The van der Waals surface area contributed by atoms with E-state index >= 15 is 0 Å². The van der Waals surface area contributed by atoms with Crippen LogP contribution < -0.4 is 10.6 Å². The number of rotatable bonds is 2. The van der Waals surface area contributed by atoms with E-state index in [0.717, 1.165) is 18.5 Å². The molecular formula is C13H16N2O2. The van der Waals surface area contributed by atoms with E-state index in [1.165, 1.54) is 5.56 Å². The van der Waals surface area contributed by atoms with Crippen molar-refractivity contribution in [1.82, 2.24) is 10.6 Å². The summed E-state index contributed by atoms with van der Waals surface area (Å²) in [6.45, 7) is 2.14. The maximum atomic E-state index is 12.1. The smallest absolute Gasteiger partial charge is 0.242 e. The fraction of sp³-hybridized carbons (Fsp3) is 0.462. The van der Waals surface area contributed by atoms with Crippen molar-refractivity contribution in [3.63, 3.8) is 0 Å². The first-order valence-corrected chi connectivity index (χ1v) is 6.04. The van der Waals surface area contributed by atoms with Crippen LogP contribution in [0.5, 0.6) is 0 Å². The summed E-state index contributed by atoms with van der Waals surface area (Å²) in [7, 11) is 0. The lowest BCUT2D eigenvalue weighted by Crippen LogP contribution is -2.52. The molecule has 1 atom stereocenters. The fourth-order valence-electron chi connectivity index (χ4n) is 2.34. The van der Waals surface area contributed by atoms with Crippen molar-refractivity contribution in [3.8, 4) is 0 Å². The van der Waals surface area contributed by atoms with Gasteiger partial charge in [0, 0.05) is 6.54 Å². The standard InChI is InChI=1S/C13H16N2O2/c16-13(15-10-7-17-8-10)12-11-4-2-1-3-9(11)5-6-14-12/h1-4,10,12,14H,5-8H2,(H,15,16). The Morgan fingerprint density at radius 1 is 1.35 bits per heavy atom. The Morgan fingerprint density at radius 3 is 2.94 bits per heavy atom. The van der Waals surface area contributed by atoms with Crippen LogP contribution in [0, 0.1) is 0 Å². The predicted octanol–water partition coefficient (Wildman–Crippen LogP) is 0.388. The summed E-state index contributed by atoms with van der Waals surface area (Å²) < 4.78 is 5.06. The van der Waals surface area contributed by atoms with E-state index in [-0.39, 0.29) is 18.0 Å². The molecule has 1 aromatic carbocycles. The Bertz CT molecular complexity index is 429. The molecule has 0 radical (unpaired) electrons. The fourth-order valence-corrected chi connectivity index (χ4v) is 2.34. The molecule has 1 unspecified atom stereocenters. The molecule has 0 saturated carbocycles. The van der Waals surface area contributed by atoms with Gasteiger partial charge in [-0.05, 0) is 17.5 Å². The second-order valence-electron chi connectivity index (χ2n) is 4.58.